The van der Waals surface area contributed by atoms with Gasteiger partial charge in [-0.2, -0.15) is 0 Å². The first-order valence-electron chi connectivity index (χ1n) is 8.62. The van der Waals surface area contributed by atoms with Gasteiger partial charge in [-0.1, -0.05) is 71.9 Å². The predicted octanol–water partition coefficient (Wildman–Crippen LogP) is 2.81. The molecule has 2 N–H and O–H groups in total. The number of esters is 1. The van der Waals surface area contributed by atoms with Gasteiger partial charge in [0.05, 0.1) is 0 Å². The Morgan fingerprint density at radius 3 is 2.12 bits per heavy atom. The molecule has 0 spiro atoms. The van der Waals surface area contributed by atoms with Gasteiger partial charge in [0, 0.05) is 23.8 Å². The van der Waals surface area contributed by atoms with Gasteiger partial charge >= 0.3 is 5.97 Å². The third-order valence-electron chi connectivity index (χ3n) is 5.22. The Kier molecular flexibility index (Phi) is 4.77. The first kappa shape index (κ1) is 19.4. The van der Waals surface area contributed by atoms with Crippen LogP contribution in [0.3, 0.4) is 0 Å². The van der Waals surface area contributed by atoms with E-state index in [1.54, 1.807) is 20.8 Å². The average Bonchev–Trinajstić information content (AvgIpc) is 2.79. The Labute approximate surface area is 149 Å². The van der Waals surface area contributed by atoms with Crippen LogP contribution in [0, 0.1) is 10.8 Å². The molecule has 1 aromatic rings. The van der Waals surface area contributed by atoms with E-state index in [9.17, 15) is 14.7 Å². The summed E-state index contributed by atoms with van der Waals surface area (Å²) in [5.74, 6) is -1.11. The standard InChI is InChI=1S/C20H29NO4/c1-17(2,3)19(24)13-20(18(4,5)6,25-16(19)23)15(22)21-12-14-10-8-7-9-11-14/h7-11,24H,12-13H2,1-6H3,(H,21,22)/t19-,20+/m1/s1. The predicted molar refractivity (Wildman–Crippen MR) is 95.6 cm³/mol. The molecule has 2 rings (SSSR count). The lowest BCUT2D eigenvalue weighted by atomic mass is 9.66. The van der Waals surface area contributed by atoms with E-state index in [0.717, 1.165) is 5.56 Å². The van der Waals surface area contributed by atoms with E-state index in [4.69, 9.17) is 4.74 Å². The minimum Gasteiger partial charge on any atom is -0.446 e. The van der Waals surface area contributed by atoms with Gasteiger partial charge in [-0.15, -0.1) is 0 Å². The van der Waals surface area contributed by atoms with Crippen molar-refractivity contribution in [2.45, 2.75) is 65.7 Å². The summed E-state index contributed by atoms with van der Waals surface area (Å²) in [4.78, 5) is 25.6. The minimum absolute atomic E-state index is 0.0630. The molecule has 0 aromatic heterocycles. The maximum atomic E-state index is 13.0. The van der Waals surface area contributed by atoms with Crippen LogP contribution in [0.5, 0.6) is 0 Å². The second kappa shape index (κ2) is 6.13. The SMILES string of the molecule is CC(C)(C)[C@@]1(O)C[C@](C(=O)NCc2ccccc2)(C(C)(C)C)OC1=O. The Morgan fingerprint density at radius 2 is 1.68 bits per heavy atom. The van der Waals surface area contributed by atoms with Crippen LogP contribution in [0.15, 0.2) is 30.3 Å². The summed E-state index contributed by atoms with van der Waals surface area (Å²) in [6, 6.07) is 9.53. The molecule has 25 heavy (non-hydrogen) atoms. The van der Waals surface area contributed by atoms with Crippen LogP contribution in [-0.4, -0.2) is 28.2 Å². The maximum Gasteiger partial charge on any atom is 0.339 e. The van der Waals surface area contributed by atoms with Crippen molar-refractivity contribution in [2.24, 2.45) is 10.8 Å². The monoisotopic (exact) mass is 347 g/mol. The van der Waals surface area contributed by atoms with Crippen LogP contribution in [0.4, 0.5) is 0 Å². The Hall–Kier alpha value is -1.88. The number of ether oxygens (including phenoxy) is 1. The number of rotatable bonds is 3. The third kappa shape index (κ3) is 3.30. The topological polar surface area (TPSA) is 75.6 Å². The fraction of sp³-hybridized carbons (Fsp3) is 0.600. The molecule has 0 bridgehead atoms. The molecule has 1 amide bonds. The van der Waals surface area contributed by atoms with Crippen molar-refractivity contribution in [3.05, 3.63) is 35.9 Å². The number of benzene rings is 1. The number of amides is 1. The molecule has 1 aromatic carbocycles. The third-order valence-corrected chi connectivity index (χ3v) is 5.22. The van der Waals surface area contributed by atoms with Gasteiger partial charge in [0.1, 0.15) is 0 Å². The lowest BCUT2D eigenvalue weighted by Crippen LogP contribution is -2.56. The fourth-order valence-corrected chi connectivity index (χ4v) is 3.09. The molecule has 0 saturated carbocycles. The Morgan fingerprint density at radius 1 is 1.12 bits per heavy atom. The van der Waals surface area contributed by atoms with Crippen molar-refractivity contribution in [1.82, 2.24) is 5.32 Å². The Bertz CT molecular complexity index is 657. The number of nitrogens with one attached hydrogen (secondary N) is 1. The summed E-state index contributed by atoms with van der Waals surface area (Å²) in [7, 11) is 0. The largest absolute Gasteiger partial charge is 0.446 e. The van der Waals surface area contributed by atoms with Gasteiger partial charge in [0.25, 0.3) is 5.91 Å². The molecular weight excluding hydrogens is 318 g/mol. The normalized spacial score (nSPS) is 27.1. The molecule has 1 fully saturated rings. The zero-order chi connectivity index (χ0) is 19.1. The van der Waals surface area contributed by atoms with Crippen LogP contribution in [0.25, 0.3) is 0 Å². The van der Waals surface area contributed by atoms with Crippen LogP contribution in [0.2, 0.25) is 0 Å². The van der Waals surface area contributed by atoms with Crippen molar-refractivity contribution in [2.75, 3.05) is 0 Å². The fourth-order valence-electron chi connectivity index (χ4n) is 3.09. The van der Waals surface area contributed by atoms with E-state index >= 15 is 0 Å². The molecule has 1 aliphatic heterocycles. The van der Waals surface area contributed by atoms with Crippen LogP contribution in [-0.2, 0) is 20.9 Å². The van der Waals surface area contributed by atoms with Gasteiger partial charge in [0.2, 0.25) is 0 Å². The number of hydrogen-bond acceptors (Lipinski definition) is 4. The lowest BCUT2D eigenvalue weighted by Gasteiger charge is -2.40. The second-order valence-electron chi connectivity index (χ2n) is 8.92. The molecule has 5 heteroatoms. The van der Waals surface area contributed by atoms with Crippen molar-refractivity contribution < 1.29 is 19.4 Å². The van der Waals surface area contributed by atoms with Crippen LogP contribution >= 0.6 is 0 Å². The van der Waals surface area contributed by atoms with Crippen molar-refractivity contribution in [1.29, 1.82) is 0 Å². The molecule has 138 valence electrons. The summed E-state index contributed by atoms with van der Waals surface area (Å²) in [5.41, 5.74) is -3.57. The van der Waals surface area contributed by atoms with E-state index in [0.29, 0.717) is 6.54 Å². The molecule has 2 atom stereocenters. The number of hydrogen-bond donors (Lipinski definition) is 2. The maximum absolute atomic E-state index is 13.0. The number of carbonyl (C=O) groups is 2. The van der Waals surface area contributed by atoms with Crippen LogP contribution in [0.1, 0.15) is 53.5 Å². The molecule has 1 aliphatic rings. The first-order chi connectivity index (χ1) is 11.3. The smallest absolute Gasteiger partial charge is 0.339 e. The van der Waals surface area contributed by atoms with E-state index in [1.807, 2.05) is 51.1 Å². The summed E-state index contributed by atoms with van der Waals surface area (Å²) in [6.07, 6.45) is -0.0630. The molecule has 1 heterocycles. The highest BCUT2D eigenvalue weighted by Crippen LogP contribution is 2.51. The van der Waals surface area contributed by atoms with Crippen molar-refractivity contribution in [3.8, 4) is 0 Å². The van der Waals surface area contributed by atoms with Gasteiger partial charge in [-0.05, 0) is 5.56 Å². The highest BCUT2D eigenvalue weighted by atomic mass is 16.6. The van der Waals surface area contributed by atoms with Crippen LogP contribution < -0.4 is 5.32 Å². The van der Waals surface area contributed by atoms with E-state index < -0.39 is 28.0 Å². The summed E-state index contributed by atoms with van der Waals surface area (Å²) in [6.45, 7) is 11.2. The van der Waals surface area contributed by atoms with Crippen molar-refractivity contribution in [3.63, 3.8) is 0 Å². The lowest BCUT2D eigenvalue weighted by molar-refractivity contribution is -0.175. The highest BCUT2D eigenvalue weighted by Gasteiger charge is 2.67. The molecule has 1 saturated heterocycles. The van der Waals surface area contributed by atoms with Crippen molar-refractivity contribution >= 4 is 11.9 Å². The van der Waals surface area contributed by atoms with Gasteiger partial charge in [0.15, 0.2) is 11.2 Å². The quantitative estimate of drug-likeness (QED) is 0.825. The average molecular weight is 347 g/mol. The summed E-state index contributed by atoms with van der Waals surface area (Å²) >= 11 is 0. The summed E-state index contributed by atoms with van der Waals surface area (Å²) in [5, 5.41) is 13.8. The Balaban J connectivity index is 2.31. The zero-order valence-electron chi connectivity index (χ0n) is 16.0. The van der Waals surface area contributed by atoms with Gasteiger partial charge in [-0.3, -0.25) is 4.79 Å². The molecular formula is C20H29NO4. The van der Waals surface area contributed by atoms with E-state index in [1.165, 1.54) is 0 Å². The first-order valence-corrected chi connectivity index (χ1v) is 8.62. The summed E-state index contributed by atoms with van der Waals surface area (Å²) < 4.78 is 5.60. The number of cyclic esters (lactones) is 1. The molecule has 0 unspecified atom stereocenters. The number of aliphatic hydroxyl groups is 1. The second-order valence-corrected chi connectivity index (χ2v) is 8.92. The van der Waals surface area contributed by atoms with E-state index in [-0.39, 0.29) is 12.3 Å². The van der Waals surface area contributed by atoms with E-state index in [2.05, 4.69) is 5.32 Å². The van der Waals surface area contributed by atoms with Gasteiger partial charge < -0.3 is 15.2 Å². The number of carbonyl (C=O) groups excluding carboxylic acids is 2. The molecule has 0 aliphatic carbocycles. The zero-order valence-corrected chi connectivity index (χ0v) is 16.0. The minimum atomic E-state index is -1.70. The molecule has 5 nitrogen and oxygen atoms in total. The van der Waals surface area contributed by atoms with Gasteiger partial charge in [-0.25, -0.2) is 4.79 Å². The molecule has 0 radical (unpaired) electrons. The highest BCUT2D eigenvalue weighted by molar-refractivity contribution is 5.95.